The fourth-order valence-electron chi connectivity index (χ4n) is 3.03. The van der Waals surface area contributed by atoms with Crippen LogP contribution in [0.2, 0.25) is 0 Å². The van der Waals surface area contributed by atoms with Crippen LogP contribution in [-0.4, -0.2) is 26.2 Å². The lowest BCUT2D eigenvalue weighted by atomic mass is 9.96. The molecule has 0 radical (unpaired) electrons. The number of allylic oxidation sites excluding steroid dienone is 4. The second kappa shape index (κ2) is 6.64. The first-order chi connectivity index (χ1) is 12.1. The van der Waals surface area contributed by atoms with Gasteiger partial charge < -0.3 is 9.47 Å². The lowest BCUT2D eigenvalue weighted by Gasteiger charge is -2.07. The van der Waals surface area contributed by atoms with Gasteiger partial charge in [-0.15, -0.1) is 5.73 Å². The molecule has 0 fully saturated rings. The summed E-state index contributed by atoms with van der Waals surface area (Å²) in [4.78, 5) is 23.4. The van der Waals surface area contributed by atoms with E-state index in [1.54, 1.807) is 30.4 Å². The number of hydrogen-bond donors (Lipinski definition) is 0. The van der Waals surface area contributed by atoms with Gasteiger partial charge in [0.15, 0.2) is 0 Å². The predicted molar refractivity (Wildman–Crippen MR) is 90.4 cm³/mol. The number of rotatable bonds is 3. The Morgan fingerprint density at radius 2 is 2.04 bits per heavy atom. The van der Waals surface area contributed by atoms with E-state index in [1.165, 1.54) is 14.2 Å². The normalized spacial score (nSPS) is 17.2. The number of carbonyl (C=O) groups is 2. The van der Waals surface area contributed by atoms with Crippen molar-refractivity contribution < 1.29 is 19.1 Å². The van der Waals surface area contributed by atoms with Crippen LogP contribution in [0, 0.1) is 11.3 Å². The minimum Gasteiger partial charge on any atom is -0.469 e. The Kier molecular flexibility index (Phi) is 4.38. The Hall–Kier alpha value is -3.35. The van der Waals surface area contributed by atoms with E-state index in [0.717, 1.165) is 27.8 Å². The second-order valence-corrected chi connectivity index (χ2v) is 5.65. The summed E-state index contributed by atoms with van der Waals surface area (Å²) in [5, 5.41) is 9.59. The van der Waals surface area contributed by atoms with Crippen molar-refractivity contribution in [3.63, 3.8) is 0 Å². The highest BCUT2D eigenvalue weighted by atomic mass is 16.5. The third kappa shape index (κ3) is 2.91. The fourth-order valence-corrected chi connectivity index (χ4v) is 3.03. The van der Waals surface area contributed by atoms with E-state index >= 15 is 0 Å². The lowest BCUT2D eigenvalue weighted by Crippen LogP contribution is -2.03. The number of nitriles is 1. The van der Waals surface area contributed by atoms with Crippen molar-refractivity contribution in [2.75, 3.05) is 14.2 Å². The highest BCUT2D eigenvalue weighted by molar-refractivity contribution is 5.95. The van der Waals surface area contributed by atoms with Gasteiger partial charge in [0.05, 0.1) is 38.2 Å². The minimum absolute atomic E-state index is 0.108. The summed E-state index contributed by atoms with van der Waals surface area (Å²) in [5.41, 5.74) is 7.39. The van der Waals surface area contributed by atoms with Gasteiger partial charge in [0, 0.05) is 0 Å². The molecule has 1 aromatic rings. The van der Waals surface area contributed by atoms with Crippen LogP contribution in [0.3, 0.4) is 0 Å². The predicted octanol–water partition coefficient (Wildman–Crippen LogP) is 3.06. The third-order valence-electron chi connectivity index (χ3n) is 4.24. The van der Waals surface area contributed by atoms with Crippen molar-refractivity contribution in [1.82, 2.24) is 0 Å². The number of fused-ring (bicyclic) bond motifs is 2. The number of carbonyl (C=O) groups excluding carboxylic acids is 2. The van der Waals surface area contributed by atoms with Gasteiger partial charge in [0.2, 0.25) is 0 Å². The molecular weight excluding hydrogens is 318 g/mol. The molecular formula is C20H15NO4. The Bertz CT molecular complexity index is 937. The molecule has 0 N–H and O–H groups in total. The average Bonchev–Trinajstić information content (AvgIpc) is 2.77. The molecule has 5 heteroatoms. The van der Waals surface area contributed by atoms with Gasteiger partial charge in [-0.1, -0.05) is 6.07 Å². The van der Waals surface area contributed by atoms with Crippen LogP contribution in [0.1, 0.15) is 33.8 Å². The summed E-state index contributed by atoms with van der Waals surface area (Å²) in [6, 6.07) is 7.44. The van der Waals surface area contributed by atoms with Crippen molar-refractivity contribution in [2.45, 2.75) is 12.3 Å². The van der Waals surface area contributed by atoms with Gasteiger partial charge in [0.1, 0.15) is 0 Å². The van der Waals surface area contributed by atoms with Crippen LogP contribution >= 0.6 is 0 Å². The lowest BCUT2D eigenvalue weighted by molar-refractivity contribution is -0.139. The zero-order chi connectivity index (χ0) is 18.0. The van der Waals surface area contributed by atoms with Crippen molar-refractivity contribution in [2.24, 2.45) is 0 Å². The van der Waals surface area contributed by atoms with Crippen molar-refractivity contribution >= 4 is 17.5 Å². The summed E-state index contributed by atoms with van der Waals surface area (Å²) < 4.78 is 9.49. The zero-order valence-corrected chi connectivity index (χ0v) is 13.8. The van der Waals surface area contributed by atoms with Gasteiger partial charge in [-0.05, 0) is 58.2 Å². The van der Waals surface area contributed by atoms with Crippen molar-refractivity contribution in [3.8, 4) is 6.07 Å². The maximum absolute atomic E-state index is 11.8. The SMILES string of the molecule is COC(=O)CC1=CC2=C(C=C=C1)C(C#N)c1ccc(C(=O)OC)cc12. The maximum Gasteiger partial charge on any atom is 0.337 e. The Labute approximate surface area is 145 Å². The smallest absolute Gasteiger partial charge is 0.337 e. The highest BCUT2D eigenvalue weighted by Gasteiger charge is 2.30. The first-order valence-corrected chi connectivity index (χ1v) is 7.65. The van der Waals surface area contributed by atoms with Gasteiger partial charge in [-0.25, -0.2) is 4.79 Å². The number of hydrogen-bond acceptors (Lipinski definition) is 5. The number of ether oxygens (including phenoxy) is 2. The van der Waals surface area contributed by atoms with E-state index in [-0.39, 0.29) is 12.4 Å². The van der Waals surface area contributed by atoms with Crippen LogP contribution in [0.4, 0.5) is 0 Å². The van der Waals surface area contributed by atoms with E-state index in [4.69, 9.17) is 9.47 Å². The number of esters is 2. The third-order valence-corrected chi connectivity index (χ3v) is 4.24. The molecule has 25 heavy (non-hydrogen) atoms. The van der Waals surface area contributed by atoms with Crippen molar-refractivity contribution in [3.05, 3.63) is 70.0 Å². The molecule has 0 spiro atoms. The Morgan fingerprint density at radius 1 is 1.24 bits per heavy atom. The number of benzene rings is 1. The topological polar surface area (TPSA) is 76.4 Å². The van der Waals surface area contributed by atoms with Gasteiger partial charge in [-0.2, -0.15) is 5.26 Å². The van der Waals surface area contributed by atoms with E-state index < -0.39 is 11.9 Å². The Morgan fingerprint density at radius 3 is 2.72 bits per heavy atom. The van der Waals surface area contributed by atoms with Crippen LogP contribution < -0.4 is 0 Å². The Balaban J connectivity index is 2.13. The molecule has 124 valence electrons. The molecule has 3 rings (SSSR count). The first kappa shape index (κ1) is 16.5. The molecule has 2 aliphatic rings. The van der Waals surface area contributed by atoms with E-state index in [1.807, 2.05) is 6.08 Å². The van der Waals surface area contributed by atoms with E-state index in [2.05, 4.69) is 11.8 Å². The quantitative estimate of drug-likeness (QED) is 0.627. The summed E-state index contributed by atoms with van der Waals surface area (Å²) in [6.45, 7) is 0. The average molecular weight is 333 g/mol. The van der Waals surface area contributed by atoms with Crippen LogP contribution in [0.15, 0.2) is 53.3 Å². The molecule has 0 aromatic heterocycles. The fraction of sp³-hybridized carbons (Fsp3) is 0.200. The van der Waals surface area contributed by atoms with Gasteiger partial charge >= 0.3 is 11.9 Å². The van der Waals surface area contributed by atoms with Crippen LogP contribution in [0.5, 0.6) is 0 Å². The largest absolute Gasteiger partial charge is 0.469 e. The monoisotopic (exact) mass is 333 g/mol. The van der Waals surface area contributed by atoms with Gasteiger partial charge in [0.25, 0.3) is 0 Å². The van der Waals surface area contributed by atoms with Crippen LogP contribution in [-0.2, 0) is 14.3 Å². The molecule has 1 atom stereocenters. The van der Waals surface area contributed by atoms with E-state index in [0.29, 0.717) is 5.56 Å². The number of methoxy groups -OCH3 is 2. The molecule has 0 heterocycles. The molecule has 0 bridgehead atoms. The molecule has 0 amide bonds. The summed E-state index contributed by atoms with van der Waals surface area (Å²) in [5.74, 6) is -1.23. The summed E-state index contributed by atoms with van der Waals surface area (Å²) in [7, 11) is 2.66. The van der Waals surface area contributed by atoms with Crippen molar-refractivity contribution in [1.29, 1.82) is 5.26 Å². The molecule has 1 unspecified atom stereocenters. The molecule has 2 aliphatic carbocycles. The molecule has 0 aliphatic heterocycles. The maximum atomic E-state index is 11.8. The molecule has 1 aromatic carbocycles. The number of nitrogens with zero attached hydrogens (tertiary/aromatic N) is 1. The van der Waals surface area contributed by atoms with E-state index in [9.17, 15) is 14.9 Å². The second-order valence-electron chi connectivity index (χ2n) is 5.65. The summed E-state index contributed by atoms with van der Waals surface area (Å²) >= 11 is 0. The standard InChI is InChI=1S/C20H15NO4/c1-24-19(22)9-12-4-3-5-14-16(8-12)17-10-13(20(23)25-2)6-7-15(17)18(14)11-21/h4-8,10,18H,9H2,1-2H3. The zero-order valence-electron chi connectivity index (χ0n) is 13.8. The molecule has 0 saturated heterocycles. The molecule has 0 saturated carbocycles. The molecule has 5 nitrogen and oxygen atoms in total. The van der Waals surface area contributed by atoms with Crippen LogP contribution in [0.25, 0.3) is 5.57 Å². The highest BCUT2D eigenvalue weighted by Crippen LogP contribution is 2.44. The first-order valence-electron chi connectivity index (χ1n) is 7.65. The van der Waals surface area contributed by atoms with Gasteiger partial charge in [-0.3, -0.25) is 4.79 Å². The minimum atomic E-state index is -0.439. The summed E-state index contributed by atoms with van der Waals surface area (Å²) in [6.07, 6.45) is 5.41.